The molecule has 10 nitrogen and oxygen atoms in total. The predicted molar refractivity (Wildman–Crippen MR) is 128 cm³/mol. The fourth-order valence-electron chi connectivity index (χ4n) is 4.90. The molecule has 176 valence electrons. The van der Waals surface area contributed by atoms with Crippen molar-refractivity contribution in [2.24, 2.45) is 0 Å². The maximum Gasteiger partial charge on any atom is 0.263 e. The van der Waals surface area contributed by atoms with Gasteiger partial charge in [-0.2, -0.15) is 0 Å². The molecule has 1 N–H and O–H groups in total. The second kappa shape index (κ2) is 7.72. The number of pyridine rings is 2. The first kappa shape index (κ1) is 20.3. The van der Waals surface area contributed by atoms with Crippen LogP contribution in [0.1, 0.15) is 65.8 Å². The highest BCUT2D eigenvalue weighted by Crippen LogP contribution is 2.39. The fraction of sp³-hybridized carbons (Fsp3) is 0.360. The van der Waals surface area contributed by atoms with E-state index in [0.717, 1.165) is 42.8 Å². The van der Waals surface area contributed by atoms with Gasteiger partial charge in [-0.05, 0) is 56.7 Å². The molecule has 0 spiro atoms. The van der Waals surface area contributed by atoms with Gasteiger partial charge < -0.3 is 19.0 Å². The molecule has 0 saturated heterocycles. The van der Waals surface area contributed by atoms with Gasteiger partial charge in [-0.15, -0.1) is 10.2 Å². The van der Waals surface area contributed by atoms with Crippen LogP contribution in [0.3, 0.4) is 0 Å². The first-order valence-corrected chi connectivity index (χ1v) is 12.1. The highest BCUT2D eigenvalue weighted by atomic mass is 16.2. The van der Waals surface area contributed by atoms with Crippen molar-refractivity contribution in [2.75, 3.05) is 5.32 Å². The van der Waals surface area contributed by atoms with E-state index in [1.165, 1.54) is 12.8 Å². The second-order valence-electron chi connectivity index (χ2n) is 9.59. The van der Waals surface area contributed by atoms with Gasteiger partial charge in [0, 0.05) is 30.4 Å². The Labute approximate surface area is 200 Å². The van der Waals surface area contributed by atoms with Crippen LogP contribution < -0.4 is 10.9 Å². The molecule has 0 atom stereocenters. The van der Waals surface area contributed by atoms with E-state index in [2.05, 4.69) is 25.5 Å². The maximum absolute atomic E-state index is 13.3. The number of rotatable bonds is 6. The number of carbonyl (C=O) groups is 1. The molecular weight excluding hydrogens is 444 g/mol. The Bertz CT molecular complexity index is 1520. The molecule has 5 heterocycles. The van der Waals surface area contributed by atoms with Gasteiger partial charge in [-0.3, -0.25) is 9.59 Å². The van der Waals surface area contributed by atoms with Gasteiger partial charge in [-0.1, -0.05) is 6.07 Å². The lowest BCUT2D eigenvalue weighted by molar-refractivity contribution is 0.102. The van der Waals surface area contributed by atoms with Crippen molar-refractivity contribution in [1.82, 2.24) is 33.9 Å². The predicted octanol–water partition coefficient (Wildman–Crippen LogP) is 3.10. The normalized spacial score (nSPS) is 16.9. The van der Waals surface area contributed by atoms with Crippen molar-refractivity contribution < 1.29 is 4.79 Å². The van der Waals surface area contributed by atoms with Gasteiger partial charge in [0.25, 0.3) is 11.5 Å². The van der Waals surface area contributed by atoms with Gasteiger partial charge in [-0.25, -0.2) is 9.97 Å². The van der Waals surface area contributed by atoms with Crippen LogP contribution in [0.15, 0.2) is 47.9 Å². The first-order chi connectivity index (χ1) is 17.2. The van der Waals surface area contributed by atoms with E-state index >= 15 is 0 Å². The number of anilines is 1. The molecule has 2 saturated carbocycles. The number of carbonyl (C=O) groups excluding carboxylic acids is 1. The largest absolute Gasteiger partial charge is 0.310 e. The Hall–Kier alpha value is -4.08. The van der Waals surface area contributed by atoms with Crippen LogP contribution in [-0.4, -0.2) is 39.8 Å². The highest BCUT2D eigenvalue weighted by molar-refractivity contribution is 6.04. The summed E-state index contributed by atoms with van der Waals surface area (Å²) in [6, 6.07) is 7.48. The maximum atomic E-state index is 13.3. The average Bonchev–Trinajstić information content (AvgIpc) is 3.73. The molecule has 1 aliphatic heterocycles. The number of hydrogen-bond acceptors (Lipinski definition) is 6. The molecule has 4 aromatic heterocycles. The van der Waals surface area contributed by atoms with E-state index in [0.29, 0.717) is 35.8 Å². The van der Waals surface area contributed by atoms with Crippen LogP contribution in [0.4, 0.5) is 5.82 Å². The van der Waals surface area contributed by atoms with Crippen LogP contribution in [0.2, 0.25) is 0 Å². The summed E-state index contributed by atoms with van der Waals surface area (Å²) in [6.45, 7) is 0.608. The van der Waals surface area contributed by atoms with E-state index in [4.69, 9.17) is 0 Å². The minimum absolute atomic E-state index is 0.0978. The average molecular weight is 469 g/mol. The molecule has 0 unspecified atom stereocenters. The molecule has 2 aliphatic carbocycles. The minimum atomic E-state index is -0.478. The van der Waals surface area contributed by atoms with Gasteiger partial charge in [0.1, 0.15) is 23.4 Å². The second-order valence-corrected chi connectivity index (χ2v) is 9.59. The zero-order valence-electron chi connectivity index (χ0n) is 19.1. The summed E-state index contributed by atoms with van der Waals surface area (Å²) in [5.41, 5.74) is 3.31. The third-order valence-electron chi connectivity index (χ3n) is 7.03. The Kier molecular flexibility index (Phi) is 4.48. The number of nitrogens with zero attached hydrogens (tertiary/aromatic N) is 7. The van der Waals surface area contributed by atoms with Crippen molar-refractivity contribution in [1.29, 1.82) is 0 Å². The Morgan fingerprint density at radius 2 is 2.00 bits per heavy atom. The molecule has 10 heteroatoms. The van der Waals surface area contributed by atoms with Gasteiger partial charge in [0.2, 0.25) is 0 Å². The van der Waals surface area contributed by atoms with E-state index in [1.807, 2.05) is 27.5 Å². The molecule has 0 bridgehead atoms. The number of fused-ring (bicyclic) bond motifs is 1. The van der Waals surface area contributed by atoms with Gasteiger partial charge in [0.05, 0.1) is 17.7 Å². The molecule has 7 rings (SSSR count). The summed E-state index contributed by atoms with van der Waals surface area (Å²) in [6.07, 6.45) is 11.8. The summed E-state index contributed by atoms with van der Waals surface area (Å²) in [5, 5.41) is 11.1. The number of hydrogen-bond donors (Lipinski definition) is 1. The van der Waals surface area contributed by atoms with Crippen molar-refractivity contribution in [3.63, 3.8) is 0 Å². The zero-order chi connectivity index (χ0) is 23.5. The quantitative estimate of drug-likeness (QED) is 0.465. The van der Waals surface area contributed by atoms with Crippen molar-refractivity contribution in [3.05, 3.63) is 70.4 Å². The molecular formula is C25H24N8O2. The van der Waals surface area contributed by atoms with Crippen LogP contribution in [0.5, 0.6) is 0 Å². The standard InChI is InChI=1S/C25H24N8O2/c34-24(29-22-5-1-3-18(28-22)23-30-27-14-33(23)16-8-9-16)17-11-21(20-4-2-10-32(20)25(17)35)31-12-19(26-13-31)15-6-7-15/h1,3,5,11-16H,2,4,6-10H2,(H,28,29,34). The molecule has 4 aromatic rings. The Morgan fingerprint density at radius 1 is 1.11 bits per heavy atom. The third-order valence-corrected chi connectivity index (χ3v) is 7.03. The minimum Gasteiger partial charge on any atom is -0.310 e. The van der Waals surface area contributed by atoms with Crippen LogP contribution in [0, 0.1) is 0 Å². The highest BCUT2D eigenvalue weighted by Gasteiger charge is 2.29. The summed E-state index contributed by atoms with van der Waals surface area (Å²) in [7, 11) is 0. The molecule has 1 amide bonds. The van der Waals surface area contributed by atoms with Crippen molar-refractivity contribution in [3.8, 4) is 17.2 Å². The lowest BCUT2D eigenvalue weighted by atomic mass is 10.1. The van der Waals surface area contributed by atoms with Crippen LogP contribution >= 0.6 is 0 Å². The first-order valence-electron chi connectivity index (χ1n) is 12.1. The van der Waals surface area contributed by atoms with Crippen molar-refractivity contribution in [2.45, 2.75) is 57.0 Å². The lowest BCUT2D eigenvalue weighted by Gasteiger charge is -2.14. The SMILES string of the molecule is O=C(Nc1cccc(-c2nncn2C2CC2)n1)c1cc(-n2cnc(C3CC3)c2)c2n(c1=O)CCC2. The third kappa shape index (κ3) is 3.56. The molecule has 2 fully saturated rings. The lowest BCUT2D eigenvalue weighted by Crippen LogP contribution is -2.30. The monoisotopic (exact) mass is 468 g/mol. The van der Waals surface area contributed by atoms with Crippen LogP contribution in [0.25, 0.3) is 17.2 Å². The number of amides is 1. The smallest absolute Gasteiger partial charge is 0.263 e. The van der Waals surface area contributed by atoms with E-state index in [1.54, 1.807) is 29.4 Å². The van der Waals surface area contributed by atoms with Gasteiger partial charge >= 0.3 is 0 Å². The Morgan fingerprint density at radius 3 is 2.83 bits per heavy atom. The number of imidazole rings is 1. The molecule has 35 heavy (non-hydrogen) atoms. The van der Waals surface area contributed by atoms with E-state index < -0.39 is 5.91 Å². The number of aromatic nitrogens is 7. The molecule has 3 aliphatic rings. The van der Waals surface area contributed by atoms with Crippen LogP contribution in [-0.2, 0) is 13.0 Å². The van der Waals surface area contributed by atoms with Gasteiger partial charge in [0.15, 0.2) is 5.82 Å². The topological polar surface area (TPSA) is 113 Å². The fourth-order valence-corrected chi connectivity index (χ4v) is 4.90. The number of nitrogens with one attached hydrogen (secondary N) is 1. The summed E-state index contributed by atoms with van der Waals surface area (Å²) >= 11 is 0. The Balaban J connectivity index is 1.22. The zero-order valence-corrected chi connectivity index (χ0v) is 19.1. The summed E-state index contributed by atoms with van der Waals surface area (Å²) in [4.78, 5) is 35.7. The van der Waals surface area contributed by atoms with Crippen molar-refractivity contribution >= 4 is 11.7 Å². The van der Waals surface area contributed by atoms with E-state index in [9.17, 15) is 9.59 Å². The summed E-state index contributed by atoms with van der Waals surface area (Å²) in [5.74, 6) is 1.09. The summed E-state index contributed by atoms with van der Waals surface area (Å²) < 4.78 is 5.70. The molecule has 0 radical (unpaired) electrons. The van der Waals surface area contributed by atoms with E-state index in [-0.39, 0.29) is 11.1 Å². The molecule has 0 aromatic carbocycles.